The maximum absolute atomic E-state index is 12.5. The summed E-state index contributed by atoms with van der Waals surface area (Å²) in [5.74, 6) is 0.599. The molecule has 6 heteroatoms. The zero-order valence-electron chi connectivity index (χ0n) is 15.3. The van der Waals surface area contributed by atoms with Crippen LogP contribution in [0.25, 0.3) is 0 Å². The molecule has 0 bridgehead atoms. The minimum absolute atomic E-state index is 0.258. The zero-order chi connectivity index (χ0) is 18.4. The van der Waals surface area contributed by atoms with Gasteiger partial charge in [0.15, 0.2) is 0 Å². The Morgan fingerprint density at radius 3 is 2.46 bits per heavy atom. The van der Waals surface area contributed by atoms with Crippen LogP contribution >= 0.6 is 11.6 Å². The molecule has 1 aromatic rings. The van der Waals surface area contributed by atoms with Crippen molar-refractivity contribution in [2.45, 2.75) is 38.4 Å². The van der Waals surface area contributed by atoms with Crippen molar-refractivity contribution < 1.29 is 14.6 Å². The molecule has 2 fully saturated rings. The Kier molecular flexibility index (Phi) is 7.32. The highest BCUT2D eigenvalue weighted by atomic mass is 35.5. The fourth-order valence-corrected chi connectivity index (χ4v) is 3.95. The highest BCUT2D eigenvalue weighted by Crippen LogP contribution is 2.26. The number of ether oxygens (including phenoxy) is 1. The van der Waals surface area contributed by atoms with E-state index in [4.69, 9.17) is 16.3 Å². The lowest BCUT2D eigenvalue weighted by molar-refractivity contribution is -0.137. The molecule has 1 aliphatic carbocycles. The number of aliphatic hydroxyl groups excluding tert-OH is 1. The van der Waals surface area contributed by atoms with Gasteiger partial charge in [-0.05, 0) is 30.5 Å². The maximum atomic E-state index is 12.5. The van der Waals surface area contributed by atoms with Crippen molar-refractivity contribution in [3.05, 3.63) is 34.9 Å². The fourth-order valence-electron chi connectivity index (χ4n) is 3.83. The number of amides is 1. The van der Waals surface area contributed by atoms with Crippen molar-refractivity contribution in [2.24, 2.45) is 5.92 Å². The first-order valence-electron chi connectivity index (χ1n) is 9.63. The van der Waals surface area contributed by atoms with E-state index in [0.717, 1.165) is 44.6 Å². The number of β-amino-alcohol motifs (C(OH)–C–C–N with tert-alkyl or cyclic N) is 1. The lowest BCUT2D eigenvalue weighted by Gasteiger charge is -2.36. The number of nitrogens with zero attached hydrogens (tertiary/aromatic N) is 2. The first-order valence-corrected chi connectivity index (χ1v) is 10.0. The monoisotopic (exact) mass is 380 g/mol. The van der Waals surface area contributed by atoms with Crippen molar-refractivity contribution in [1.82, 2.24) is 9.80 Å². The van der Waals surface area contributed by atoms with Crippen LogP contribution in [0.15, 0.2) is 24.3 Å². The van der Waals surface area contributed by atoms with Gasteiger partial charge in [-0.2, -0.15) is 0 Å². The molecule has 5 nitrogen and oxygen atoms in total. The van der Waals surface area contributed by atoms with Crippen molar-refractivity contribution in [2.75, 3.05) is 39.3 Å². The second kappa shape index (κ2) is 9.70. The fraction of sp³-hybridized carbons (Fsp3) is 0.650. The summed E-state index contributed by atoms with van der Waals surface area (Å²) >= 11 is 5.86. The summed E-state index contributed by atoms with van der Waals surface area (Å²) in [5, 5.41) is 10.9. The van der Waals surface area contributed by atoms with Crippen molar-refractivity contribution >= 4 is 17.5 Å². The van der Waals surface area contributed by atoms with E-state index in [1.54, 1.807) is 0 Å². The Balaban J connectivity index is 1.32. The molecule has 0 aromatic heterocycles. The number of hydrogen-bond acceptors (Lipinski definition) is 4. The molecule has 1 aliphatic heterocycles. The molecule has 1 N–H and O–H groups in total. The number of benzene rings is 1. The Morgan fingerprint density at radius 1 is 1.15 bits per heavy atom. The molecule has 1 atom stereocenters. The summed E-state index contributed by atoms with van der Waals surface area (Å²) in [4.78, 5) is 16.7. The number of halogens is 1. The summed E-state index contributed by atoms with van der Waals surface area (Å²) in [6, 6.07) is 7.52. The van der Waals surface area contributed by atoms with Gasteiger partial charge in [-0.3, -0.25) is 9.69 Å². The molecule has 1 heterocycles. The van der Waals surface area contributed by atoms with E-state index < -0.39 is 6.10 Å². The normalized spacial score (nSPS) is 20.5. The Bertz CT molecular complexity index is 567. The standard InChI is InChI=1S/C20H29ClN2O3/c21-18-7-5-16(6-8-18)14-26-15-19(24)13-22-9-11-23(12-10-22)20(25)17-3-1-2-4-17/h5-8,17,19,24H,1-4,9-15H2. The highest BCUT2D eigenvalue weighted by molar-refractivity contribution is 6.30. The van der Waals surface area contributed by atoms with Gasteiger partial charge in [0.25, 0.3) is 0 Å². The third kappa shape index (κ3) is 5.68. The summed E-state index contributed by atoms with van der Waals surface area (Å²) in [7, 11) is 0. The third-order valence-corrected chi connectivity index (χ3v) is 5.60. The van der Waals surface area contributed by atoms with E-state index in [0.29, 0.717) is 30.7 Å². The first kappa shape index (κ1) is 19.6. The van der Waals surface area contributed by atoms with E-state index in [9.17, 15) is 9.90 Å². The number of carbonyl (C=O) groups excluding carboxylic acids is 1. The molecule has 1 aromatic carbocycles. The molecule has 0 spiro atoms. The van der Waals surface area contributed by atoms with Gasteiger partial charge in [0, 0.05) is 43.7 Å². The van der Waals surface area contributed by atoms with E-state index in [-0.39, 0.29) is 5.92 Å². The molecule has 26 heavy (non-hydrogen) atoms. The molecule has 0 radical (unpaired) electrons. The van der Waals surface area contributed by atoms with Crippen LogP contribution in [0.2, 0.25) is 5.02 Å². The maximum Gasteiger partial charge on any atom is 0.225 e. The molecule has 1 saturated heterocycles. The second-order valence-corrected chi connectivity index (χ2v) is 7.84. The average molecular weight is 381 g/mol. The predicted octanol–water partition coefficient (Wildman–Crippen LogP) is 2.55. The third-order valence-electron chi connectivity index (χ3n) is 5.35. The Hall–Kier alpha value is -1.14. The summed E-state index contributed by atoms with van der Waals surface area (Å²) < 4.78 is 5.61. The molecular formula is C20H29ClN2O3. The Labute approximate surface area is 160 Å². The molecule has 2 aliphatic rings. The van der Waals surface area contributed by atoms with Crippen LogP contribution in [0.5, 0.6) is 0 Å². The molecule has 1 amide bonds. The lowest BCUT2D eigenvalue weighted by Crippen LogP contribution is -2.51. The summed E-state index contributed by atoms with van der Waals surface area (Å²) in [6.45, 7) is 4.56. The molecule has 1 saturated carbocycles. The second-order valence-electron chi connectivity index (χ2n) is 7.40. The molecule has 1 unspecified atom stereocenters. The average Bonchev–Trinajstić information content (AvgIpc) is 3.18. The van der Waals surface area contributed by atoms with Crippen molar-refractivity contribution in [3.8, 4) is 0 Å². The van der Waals surface area contributed by atoms with Crippen molar-refractivity contribution in [1.29, 1.82) is 0 Å². The van der Waals surface area contributed by atoms with E-state index in [2.05, 4.69) is 4.90 Å². The minimum atomic E-state index is -0.514. The predicted molar refractivity (Wildman–Crippen MR) is 102 cm³/mol. The van der Waals surface area contributed by atoms with Gasteiger partial charge >= 0.3 is 0 Å². The first-order chi connectivity index (χ1) is 12.6. The van der Waals surface area contributed by atoms with Gasteiger partial charge in [0.2, 0.25) is 5.91 Å². The smallest absolute Gasteiger partial charge is 0.225 e. The van der Waals surface area contributed by atoms with Crippen LogP contribution in [-0.2, 0) is 16.1 Å². The van der Waals surface area contributed by atoms with E-state index in [1.165, 1.54) is 12.8 Å². The quantitative estimate of drug-likeness (QED) is 0.789. The van der Waals surface area contributed by atoms with Crippen LogP contribution in [0, 0.1) is 5.92 Å². The summed E-state index contributed by atoms with van der Waals surface area (Å²) in [5.41, 5.74) is 1.04. The van der Waals surface area contributed by atoms with E-state index >= 15 is 0 Å². The largest absolute Gasteiger partial charge is 0.389 e. The van der Waals surface area contributed by atoms with E-state index in [1.807, 2.05) is 29.2 Å². The van der Waals surface area contributed by atoms with Crippen molar-refractivity contribution in [3.63, 3.8) is 0 Å². The number of rotatable bonds is 7. The van der Waals surface area contributed by atoms with Gasteiger partial charge in [-0.15, -0.1) is 0 Å². The molecular weight excluding hydrogens is 352 g/mol. The minimum Gasteiger partial charge on any atom is -0.389 e. The lowest BCUT2D eigenvalue weighted by atomic mass is 10.1. The van der Waals surface area contributed by atoms with Gasteiger partial charge in [0.05, 0.1) is 19.3 Å². The number of aliphatic hydroxyl groups is 1. The Morgan fingerprint density at radius 2 is 1.81 bits per heavy atom. The molecule has 3 rings (SSSR count). The van der Waals surface area contributed by atoms with Gasteiger partial charge in [-0.25, -0.2) is 0 Å². The number of piperazine rings is 1. The zero-order valence-corrected chi connectivity index (χ0v) is 16.0. The SMILES string of the molecule is O=C(C1CCCC1)N1CCN(CC(O)COCc2ccc(Cl)cc2)CC1. The van der Waals surface area contributed by atoms with Crippen LogP contribution in [0.3, 0.4) is 0 Å². The van der Waals surface area contributed by atoms with Gasteiger partial charge in [0.1, 0.15) is 0 Å². The van der Waals surface area contributed by atoms with Gasteiger partial charge in [-0.1, -0.05) is 36.6 Å². The van der Waals surface area contributed by atoms with Gasteiger partial charge < -0.3 is 14.7 Å². The van der Waals surface area contributed by atoms with Crippen LogP contribution in [-0.4, -0.2) is 66.2 Å². The number of hydrogen-bond donors (Lipinski definition) is 1. The van der Waals surface area contributed by atoms with Crippen LogP contribution < -0.4 is 0 Å². The topological polar surface area (TPSA) is 53.0 Å². The highest BCUT2D eigenvalue weighted by Gasteiger charge is 2.29. The van der Waals surface area contributed by atoms with Crippen LogP contribution in [0.4, 0.5) is 0 Å². The number of carbonyl (C=O) groups is 1. The molecule has 144 valence electrons. The van der Waals surface area contributed by atoms with Crippen LogP contribution in [0.1, 0.15) is 31.2 Å². The summed E-state index contributed by atoms with van der Waals surface area (Å²) in [6.07, 6.45) is 3.99.